The van der Waals surface area contributed by atoms with E-state index in [4.69, 9.17) is 9.72 Å². The Morgan fingerprint density at radius 3 is 2.65 bits per heavy atom. The van der Waals surface area contributed by atoms with Crippen LogP contribution in [-0.4, -0.2) is 30.3 Å². The molecule has 2 aliphatic rings. The summed E-state index contributed by atoms with van der Waals surface area (Å²) in [6.45, 7) is 0.821. The van der Waals surface area contributed by atoms with Crippen molar-refractivity contribution in [3.05, 3.63) is 69.8 Å². The van der Waals surface area contributed by atoms with E-state index >= 15 is 0 Å². The average molecular weight is 416 g/mol. The van der Waals surface area contributed by atoms with Gasteiger partial charge in [0.15, 0.2) is 0 Å². The number of benzene rings is 2. The van der Waals surface area contributed by atoms with Gasteiger partial charge in [-0.15, -0.1) is 0 Å². The molecule has 0 bridgehead atoms. The molecule has 3 aromatic rings. The first-order chi connectivity index (χ1) is 15.2. The van der Waals surface area contributed by atoms with Crippen LogP contribution in [0.15, 0.2) is 47.5 Å². The van der Waals surface area contributed by atoms with Crippen LogP contribution >= 0.6 is 0 Å². The number of rotatable bonds is 4. The number of anilines is 1. The number of nitrogens with zero attached hydrogens (tertiary/aromatic N) is 3. The molecule has 31 heavy (non-hydrogen) atoms. The molecule has 1 aromatic heterocycles. The van der Waals surface area contributed by atoms with Crippen molar-refractivity contribution in [1.29, 1.82) is 0 Å². The summed E-state index contributed by atoms with van der Waals surface area (Å²) in [5.41, 5.74) is 5.50. The molecule has 5 rings (SSSR count). The third-order valence-corrected chi connectivity index (χ3v) is 6.74. The fraction of sp³-hybridized carbons (Fsp3) is 0.385. The van der Waals surface area contributed by atoms with Gasteiger partial charge in [-0.05, 0) is 48.6 Å². The highest BCUT2D eigenvalue weighted by atomic mass is 16.5. The highest BCUT2D eigenvalue weighted by molar-refractivity contribution is 5.97. The van der Waals surface area contributed by atoms with Crippen molar-refractivity contribution in [2.45, 2.75) is 44.6 Å². The van der Waals surface area contributed by atoms with Crippen LogP contribution in [0.4, 0.5) is 5.69 Å². The van der Waals surface area contributed by atoms with Gasteiger partial charge in [-0.3, -0.25) is 9.36 Å². The van der Waals surface area contributed by atoms with Crippen LogP contribution in [0.3, 0.4) is 0 Å². The lowest BCUT2D eigenvalue weighted by Gasteiger charge is -2.28. The van der Waals surface area contributed by atoms with Crippen molar-refractivity contribution in [2.24, 2.45) is 0 Å². The lowest BCUT2D eigenvalue weighted by Crippen LogP contribution is -2.28. The summed E-state index contributed by atoms with van der Waals surface area (Å²) in [4.78, 5) is 20.6. The molecule has 1 fully saturated rings. The number of methoxy groups -OCH3 is 1. The zero-order chi connectivity index (χ0) is 21.4. The van der Waals surface area contributed by atoms with Crippen LogP contribution < -0.4 is 15.2 Å². The number of hydrogen-bond donors (Lipinski definition) is 0. The highest BCUT2D eigenvalue weighted by Gasteiger charge is 2.23. The number of hydrogen-bond acceptors (Lipinski definition) is 4. The molecule has 0 saturated heterocycles. The van der Waals surface area contributed by atoms with E-state index in [0.717, 1.165) is 53.7 Å². The van der Waals surface area contributed by atoms with Crippen LogP contribution in [0.1, 0.15) is 54.8 Å². The van der Waals surface area contributed by atoms with Gasteiger partial charge in [0.2, 0.25) is 0 Å². The Bertz CT molecular complexity index is 1190. The first-order valence-electron chi connectivity index (χ1n) is 11.2. The van der Waals surface area contributed by atoms with Crippen molar-refractivity contribution in [3.63, 3.8) is 0 Å². The molecule has 5 heteroatoms. The van der Waals surface area contributed by atoms with E-state index in [1.54, 1.807) is 13.4 Å². The summed E-state index contributed by atoms with van der Waals surface area (Å²) in [5, 5.41) is 0.734. The van der Waals surface area contributed by atoms with Gasteiger partial charge in [0.1, 0.15) is 11.3 Å². The van der Waals surface area contributed by atoms with Crippen LogP contribution in [0, 0.1) is 0 Å². The largest absolute Gasteiger partial charge is 0.497 e. The Balaban J connectivity index is 1.66. The third-order valence-electron chi connectivity index (χ3n) is 6.74. The van der Waals surface area contributed by atoms with Gasteiger partial charge < -0.3 is 9.64 Å². The minimum Gasteiger partial charge on any atom is -0.497 e. The second kappa shape index (κ2) is 8.22. The van der Waals surface area contributed by atoms with Crippen molar-refractivity contribution < 1.29 is 4.74 Å². The van der Waals surface area contributed by atoms with E-state index in [9.17, 15) is 4.79 Å². The average Bonchev–Trinajstić information content (AvgIpc) is 2.81. The second-order valence-electron chi connectivity index (χ2n) is 8.75. The highest BCUT2D eigenvalue weighted by Crippen LogP contribution is 2.36. The summed E-state index contributed by atoms with van der Waals surface area (Å²) >= 11 is 0. The summed E-state index contributed by atoms with van der Waals surface area (Å²) < 4.78 is 7.19. The molecule has 0 spiro atoms. The van der Waals surface area contributed by atoms with Gasteiger partial charge in [-0.1, -0.05) is 43.5 Å². The van der Waals surface area contributed by atoms with Gasteiger partial charge in [0.05, 0.1) is 24.5 Å². The van der Waals surface area contributed by atoms with Crippen molar-refractivity contribution in [3.8, 4) is 5.75 Å². The molecular formula is C26H29N3O2. The number of fused-ring (bicyclic) bond motifs is 3. The number of aromatic nitrogens is 2. The van der Waals surface area contributed by atoms with E-state index in [0.29, 0.717) is 0 Å². The first kappa shape index (κ1) is 19.9. The first-order valence-corrected chi connectivity index (χ1v) is 11.2. The van der Waals surface area contributed by atoms with Crippen LogP contribution in [0.5, 0.6) is 5.75 Å². The molecule has 0 atom stereocenters. The quantitative estimate of drug-likeness (QED) is 0.604. The lowest BCUT2D eigenvalue weighted by molar-refractivity contribution is 0.345. The lowest BCUT2D eigenvalue weighted by atomic mass is 9.93. The van der Waals surface area contributed by atoms with Crippen LogP contribution in [-0.2, 0) is 6.42 Å². The smallest absolute Gasteiger partial charge is 0.261 e. The third kappa shape index (κ3) is 3.62. The minimum absolute atomic E-state index is 0.0960. The summed E-state index contributed by atoms with van der Waals surface area (Å²) in [5.74, 6) is 0.850. The standard InChI is InChI=1S/C26H29N3O2/c1-28-14-6-9-22-19(15-18-10-12-21(31-2)13-11-18)16-23-24(25(22)28)27-17-29(26(23)30)20-7-4-3-5-8-20/h6,9-13,16-17,20H,3-5,7-8,14-15H2,1-2H3. The maximum Gasteiger partial charge on any atom is 0.261 e. The van der Waals surface area contributed by atoms with Crippen molar-refractivity contribution in [2.75, 3.05) is 25.6 Å². The Morgan fingerprint density at radius 2 is 1.90 bits per heavy atom. The molecule has 0 N–H and O–H groups in total. The molecule has 0 unspecified atom stereocenters. The predicted molar refractivity (Wildman–Crippen MR) is 126 cm³/mol. The Hall–Kier alpha value is -3.08. The molecule has 160 valence electrons. The fourth-order valence-corrected chi connectivity index (χ4v) is 5.05. The van der Waals surface area contributed by atoms with Gasteiger partial charge >= 0.3 is 0 Å². The molecule has 2 aromatic carbocycles. The van der Waals surface area contributed by atoms with E-state index in [1.165, 1.54) is 30.4 Å². The summed E-state index contributed by atoms with van der Waals surface area (Å²) in [7, 11) is 3.76. The molecule has 0 radical (unpaired) electrons. The molecule has 5 nitrogen and oxygen atoms in total. The van der Waals surface area contributed by atoms with E-state index in [1.807, 2.05) is 16.7 Å². The molecule has 1 aliphatic heterocycles. The Kier molecular flexibility index (Phi) is 5.26. The van der Waals surface area contributed by atoms with Crippen LogP contribution in [0.2, 0.25) is 0 Å². The maximum atomic E-state index is 13.6. The van der Waals surface area contributed by atoms with E-state index < -0.39 is 0 Å². The van der Waals surface area contributed by atoms with E-state index in [2.05, 4.69) is 42.3 Å². The molecule has 0 amide bonds. The van der Waals surface area contributed by atoms with Crippen LogP contribution in [0.25, 0.3) is 17.0 Å². The summed E-state index contributed by atoms with van der Waals surface area (Å²) in [6.07, 6.45) is 12.7. The fourth-order valence-electron chi connectivity index (χ4n) is 5.05. The molecule has 1 aliphatic carbocycles. The normalized spacial score (nSPS) is 16.5. The SMILES string of the molecule is COc1ccc(Cc2cc3c(=O)n(C4CCCCC4)cnc3c3c2C=CCN3C)cc1. The zero-order valence-corrected chi connectivity index (χ0v) is 18.3. The van der Waals surface area contributed by atoms with Gasteiger partial charge in [-0.25, -0.2) is 4.98 Å². The van der Waals surface area contributed by atoms with Gasteiger partial charge in [-0.2, -0.15) is 0 Å². The van der Waals surface area contributed by atoms with Gasteiger partial charge in [0.25, 0.3) is 5.56 Å². The maximum absolute atomic E-state index is 13.6. The number of likely N-dealkylation sites (N-methyl/N-ethyl adjacent to an activating group) is 1. The second-order valence-corrected chi connectivity index (χ2v) is 8.75. The summed E-state index contributed by atoms with van der Waals surface area (Å²) in [6, 6.07) is 10.5. The number of ether oxygens (including phenoxy) is 1. The molecular weight excluding hydrogens is 386 g/mol. The zero-order valence-electron chi connectivity index (χ0n) is 18.3. The van der Waals surface area contributed by atoms with Crippen molar-refractivity contribution >= 4 is 22.7 Å². The predicted octanol–water partition coefficient (Wildman–Crippen LogP) is 4.96. The Labute approximate surface area is 183 Å². The minimum atomic E-state index is 0.0960. The molecule has 2 heterocycles. The Morgan fingerprint density at radius 1 is 1.13 bits per heavy atom. The monoisotopic (exact) mass is 415 g/mol. The van der Waals surface area contributed by atoms with Crippen molar-refractivity contribution in [1.82, 2.24) is 9.55 Å². The van der Waals surface area contributed by atoms with Gasteiger partial charge in [0, 0.05) is 25.2 Å². The topological polar surface area (TPSA) is 47.4 Å². The molecule has 1 saturated carbocycles. The van der Waals surface area contributed by atoms with E-state index in [-0.39, 0.29) is 11.6 Å².